The van der Waals surface area contributed by atoms with Crippen molar-refractivity contribution in [3.8, 4) is 11.3 Å². The van der Waals surface area contributed by atoms with Gasteiger partial charge in [-0.05, 0) is 47.7 Å². The average Bonchev–Trinajstić information content (AvgIpc) is 3.27. The van der Waals surface area contributed by atoms with Gasteiger partial charge in [0.1, 0.15) is 0 Å². The van der Waals surface area contributed by atoms with Gasteiger partial charge in [-0.3, -0.25) is 10.1 Å². The smallest absolute Gasteiger partial charge is 0.258 e. The minimum Gasteiger partial charge on any atom is -0.298 e. The van der Waals surface area contributed by atoms with Gasteiger partial charge in [-0.25, -0.2) is 4.98 Å². The van der Waals surface area contributed by atoms with Crippen molar-refractivity contribution in [2.24, 2.45) is 0 Å². The van der Waals surface area contributed by atoms with Crippen molar-refractivity contribution >= 4 is 33.1 Å². The van der Waals surface area contributed by atoms with Gasteiger partial charge < -0.3 is 0 Å². The van der Waals surface area contributed by atoms with E-state index in [2.05, 4.69) is 22.4 Å². The summed E-state index contributed by atoms with van der Waals surface area (Å²) in [6.07, 6.45) is 2.12. The van der Waals surface area contributed by atoms with E-state index in [4.69, 9.17) is 0 Å². The third-order valence-electron chi connectivity index (χ3n) is 5.19. The number of anilines is 1. The van der Waals surface area contributed by atoms with Crippen LogP contribution in [0.2, 0.25) is 0 Å². The second-order valence-electron chi connectivity index (χ2n) is 6.86. The Balaban J connectivity index is 1.50. The number of nitrogens with zero attached hydrogens (tertiary/aromatic N) is 1. The maximum Gasteiger partial charge on any atom is 0.258 e. The van der Waals surface area contributed by atoms with E-state index in [-0.39, 0.29) is 5.91 Å². The molecule has 0 atom stereocenters. The number of nitrogens with one attached hydrogen (secondary N) is 1. The predicted octanol–water partition coefficient (Wildman–Crippen LogP) is 5.62. The van der Waals surface area contributed by atoms with Gasteiger partial charge in [0.2, 0.25) is 0 Å². The van der Waals surface area contributed by atoms with E-state index in [1.807, 2.05) is 55.5 Å². The third-order valence-corrected chi connectivity index (χ3v) is 6.07. The van der Waals surface area contributed by atoms with Gasteiger partial charge in [-0.2, -0.15) is 0 Å². The molecule has 1 aromatic heterocycles. The Kier molecular flexibility index (Phi) is 3.80. The van der Waals surface area contributed by atoms with Crippen molar-refractivity contribution in [2.45, 2.75) is 19.8 Å². The highest BCUT2D eigenvalue weighted by Crippen LogP contribution is 2.34. The fourth-order valence-corrected chi connectivity index (χ4v) is 4.75. The second-order valence-corrected chi connectivity index (χ2v) is 8.06. The molecule has 3 nitrogen and oxygen atoms in total. The van der Waals surface area contributed by atoms with E-state index in [0.717, 1.165) is 34.4 Å². The van der Waals surface area contributed by atoms with E-state index in [1.54, 1.807) is 0 Å². The molecule has 4 aromatic rings. The first-order valence-corrected chi connectivity index (χ1v) is 9.90. The molecule has 4 heteroatoms. The molecule has 132 valence electrons. The molecule has 5 rings (SSSR count). The summed E-state index contributed by atoms with van der Waals surface area (Å²) in [5.41, 5.74) is 5.39. The number of rotatable bonds is 3. The largest absolute Gasteiger partial charge is 0.298 e. The fourth-order valence-electron chi connectivity index (χ4n) is 3.92. The monoisotopic (exact) mass is 370 g/mol. The summed E-state index contributed by atoms with van der Waals surface area (Å²) in [7, 11) is 0. The molecule has 0 fully saturated rings. The number of aromatic nitrogens is 1. The Morgan fingerprint density at radius 1 is 0.963 bits per heavy atom. The fraction of sp³-hybridized carbons (Fsp3) is 0.130. The van der Waals surface area contributed by atoms with Crippen molar-refractivity contribution in [1.29, 1.82) is 0 Å². The molecule has 0 saturated carbocycles. The number of thiazole rings is 1. The first-order valence-electron chi connectivity index (χ1n) is 9.08. The van der Waals surface area contributed by atoms with Crippen molar-refractivity contribution in [1.82, 2.24) is 4.98 Å². The molecular weight excluding hydrogens is 352 g/mol. The highest BCUT2D eigenvalue weighted by Gasteiger charge is 2.20. The van der Waals surface area contributed by atoms with Crippen molar-refractivity contribution in [3.05, 3.63) is 82.2 Å². The number of aryl methyl sites for hydroxylation is 3. The third kappa shape index (κ3) is 2.73. The Morgan fingerprint density at radius 2 is 1.74 bits per heavy atom. The molecule has 0 unspecified atom stereocenters. The lowest BCUT2D eigenvalue weighted by Gasteiger charge is -2.08. The normalized spacial score (nSPS) is 12.5. The Morgan fingerprint density at radius 3 is 2.56 bits per heavy atom. The highest BCUT2D eigenvalue weighted by atomic mass is 32.1. The lowest BCUT2D eigenvalue weighted by Crippen LogP contribution is -2.12. The van der Waals surface area contributed by atoms with Crippen LogP contribution in [0.15, 0.2) is 60.7 Å². The van der Waals surface area contributed by atoms with Crippen LogP contribution < -0.4 is 5.32 Å². The Labute approximate surface area is 161 Å². The number of carbonyl (C=O) groups excluding carboxylic acids is 1. The first kappa shape index (κ1) is 16.2. The predicted molar refractivity (Wildman–Crippen MR) is 112 cm³/mol. The summed E-state index contributed by atoms with van der Waals surface area (Å²) in [4.78, 5) is 18.7. The standard InChI is InChI=1S/C23H18N2OS/c1-14-21(17-6-3-2-4-7-17)24-23(27-14)25-22(26)19-13-12-16-11-10-15-8-5-9-18(19)20(15)16/h2-9,12-13H,10-11H2,1H3,(H,24,25,26). The quantitative estimate of drug-likeness (QED) is 0.508. The Hall–Kier alpha value is -2.98. The molecular formula is C23H18N2OS. The zero-order valence-electron chi connectivity index (χ0n) is 15.0. The minimum absolute atomic E-state index is 0.0982. The molecule has 1 N–H and O–H groups in total. The maximum atomic E-state index is 13.0. The van der Waals surface area contributed by atoms with Gasteiger partial charge in [0, 0.05) is 16.0 Å². The van der Waals surface area contributed by atoms with Crippen molar-refractivity contribution in [3.63, 3.8) is 0 Å². The van der Waals surface area contributed by atoms with Crippen molar-refractivity contribution < 1.29 is 4.79 Å². The van der Waals surface area contributed by atoms with E-state index in [1.165, 1.54) is 27.8 Å². The number of carbonyl (C=O) groups is 1. The van der Waals surface area contributed by atoms with E-state index in [9.17, 15) is 4.79 Å². The van der Waals surface area contributed by atoms with E-state index in [0.29, 0.717) is 10.7 Å². The lowest BCUT2D eigenvalue weighted by molar-refractivity contribution is 0.102. The summed E-state index contributed by atoms with van der Waals surface area (Å²) in [6.45, 7) is 2.04. The maximum absolute atomic E-state index is 13.0. The van der Waals surface area contributed by atoms with E-state index >= 15 is 0 Å². The van der Waals surface area contributed by atoms with Crippen LogP contribution in [0.3, 0.4) is 0 Å². The summed E-state index contributed by atoms with van der Waals surface area (Å²) in [5, 5.41) is 5.94. The SMILES string of the molecule is Cc1sc(NC(=O)c2ccc3c4c(cccc24)CC3)nc1-c1ccccc1. The summed E-state index contributed by atoms with van der Waals surface area (Å²) < 4.78 is 0. The molecule has 1 aliphatic carbocycles. The van der Waals surface area contributed by atoms with Gasteiger partial charge in [0.15, 0.2) is 5.13 Å². The van der Waals surface area contributed by atoms with Crippen molar-refractivity contribution in [2.75, 3.05) is 5.32 Å². The average molecular weight is 370 g/mol. The van der Waals surface area contributed by atoms with Crippen LogP contribution in [0.25, 0.3) is 22.0 Å². The molecule has 0 bridgehead atoms. The van der Waals surface area contributed by atoms with Crippen LogP contribution >= 0.6 is 11.3 Å². The first-order chi connectivity index (χ1) is 13.2. The van der Waals surface area contributed by atoms with Crippen LogP contribution in [0.5, 0.6) is 0 Å². The lowest BCUT2D eigenvalue weighted by atomic mass is 9.99. The van der Waals surface area contributed by atoms with Gasteiger partial charge in [0.25, 0.3) is 5.91 Å². The summed E-state index contributed by atoms with van der Waals surface area (Å²) >= 11 is 1.51. The van der Waals surface area contributed by atoms with Gasteiger partial charge in [-0.1, -0.05) is 54.6 Å². The number of benzene rings is 3. The Bertz CT molecular complexity index is 1170. The van der Waals surface area contributed by atoms with Gasteiger partial charge in [0.05, 0.1) is 5.69 Å². The molecule has 1 aliphatic rings. The van der Waals surface area contributed by atoms with Crippen LogP contribution in [0.1, 0.15) is 26.4 Å². The van der Waals surface area contributed by atoms with Gasteiger partial charge in [-0.15, -0.1) is 11.3 Å². The van der Waals surface area contributed by atoms with Crippen LogP contribution in [-0.4, -0.2) is 10.9 Å². The van der Waals surface area contributed by atoms with Crippen LogP contribution in [-0.2, 0) is 12.8 Å². The molecule has 3 aromatic carbocycles. The minimum atomic E-state index is -0.0982. The van der Waals surface area contributed by atoms with E-state index < -0.39 is 0 Å². The molecule has 0 saturated heterocycles. The summed E-state index contributed by atoms with van der Waals surface area (Å²) in [6, 6.07) is 20.4. The summed E-state index contributed by atoms with van der Waals surface area (Å²) in [5.74, 6) is -0.0982. The number of hydrogen-bond donors (Lipinski definition) is 1. The number of amides is 1. The number of hydrogen-bond acceptors (Lipinski definition) is 3. The second kappa shape index (κ2) is 6.32. The topological polar surface area (TPSA) is 42.0 Å². The molecule has 0 spiro atoms. The molecule has 1 amide bonds. The zero-order valence-corrected chi connectivity index (χ0v) is 15.8. The van der Waals surface area contributed by atoms with Crippen LogP contribution in [0.4, 0.5) is 5.13 Å². The molecule has 27 heavy (non-hydrogen) atoms. The zero-order chi connectivity index (χ0) is 18.4. The molecule has 0 aliphatic heterocycles. The molecule has 0 radical (unpaired) electrons. The highest BCUT2D eigenvalue weighted by molar-refractivity contribution is 7.16. The van der Waals surface area contributed by atoms with Gasteiger partial charge >= 0.3 is 0 Å². The van der Waals surface area contributed by atoms with Crippen LogP contribution in [0, 0.1) is 6.92 Å². The molecule has 1 heterocycles.